The molecule has 0 atom stereocenters. The van der Waals surface area contributed by atoms with Gasteiger partial charge in [0.15, 0.2) is 0 Å². The molecule has 0 aliphatic heterocycles. The van der Waals surface area contributed by atoms with Gasteiger partial charge in [0.25, 0.3) is 0 Å². The van der Waals surface area contributed by atoms with E-state index < -0.39 is 26.0 Å². The molecule has 0 spiro atoms. The summed E-state index contributed by atoms with van der Waals surface area (Å²) in [5.74, 6) is -0.512. The molecule has 1 rings (SSSR count). The molecule has 0 saturated heterocycles. The first-order valence-corrected chi connectivity index (χ1v) is 10.6. The number of hydrogen-bond acceptors (Lipinski definition) is 5. The molecule has 0 fully saturated rings. The van der Waals surface area contributed by atoms with Crippen molar-refractivity contribution in [3.63, 3.8) is 0 Å². The fourth-order valence-electron chi connectivity index (χ4n) is 1.94. The summed E-state index contributed by atoms with van der Waals surface area (Å²) < 4.78 is 49.5. The Kier molecular flexibility index (Phi) is 6.90. The molecule has 8 nitrogen and oxygen atoms in total. The van der Waals surface area contributed by atoms with E-state index in [4.69, 9.17) is 0 Å². The number of anilines is 1. The van der Waals surface area contributed by atoms with Crippen LogP contribution in [0.3, 0.4) is 0 Å². The molecule has 0 heterocycles. The van der Waals surface area contributed by atoms with Crippen LogP contribution in [0.25, 0.3) is 0 Å². The van der Waals surface area contributed by atoms with Crippen molar-refractivity contribution < 1.29 is 21.6 Å². The number of nitrogens with zero attached hydrogens (tertiary/aromatic N) is 2. The quantitative estimate of drug-likeness (QED) is 0.712. The molecule has 0 aliphatic carbocycles. The highest BCUT2D eigenvalue weighted by Gasteiger charge is 2.21. The van der Waals surface area contributed by atoms with E-state index in [1.807, 2.05) is 0 Å². The average Bonchev–Trinajstić information content (AvgIpc) is 2.47. The van der Waals surface area contributed by atoms with E-state index in [2.05, 4.69) is 5.32 Å². The number of benzene rings is 1. The molecular weight excluding hydrogens is 354 g/mol. The molecule has 1 amide bonds. The zero-order valence-electron chi connectivity index (χ0n) is 14.2. The van der Waals surface area contributed by atoms with Gasteiger partial charge in [-0.3, -0.25) is 4.79 Å². The third kappa shape index (κ3) is 5.26. The van der Waals surface area contributed by atoms with Gasteiger partial charge in [-0.2, -0.15) is 8.61 Å². The van der Waals surface area contributed by atoms with Gasteiger partial charge in [0.1, 0.15) is 0 Å². The van der Waals surface area contributed by atoms with Crippen LogP contribution in [-0.4, -0.2) is 64.3 Å². The predicted molar refractivity (Wildman–Crippen MR) is 92.7 cm³/mol. The van der Waals surface area contributed by atoms with Crippen LogP contribution in [0.2, 0.25) is 0 Å². The first-order valence-electron chi connectivity index (χ1n) is 7.33. The summed E-state index contributed by atoms with van der Waals surface area (Å²) >= 11 is 0. The molecular formula is C14H23N3O5S2. The van der Waals surface area contributed by atoms with Gasteiger partial charge in [0.05, 0.1) is 17.7 Å². The number of likely N-dealkylation sites (N-methyl/N-ethyl adjacent to an activating group) is 1. The lowest BCUT2D eigenvalue weighted by atomic mass is 10.3. The number of hydrogen-bond donors (Lipinski definition) is 1. The molecule has 1 aromatic rings. The molecule has 136 valence electrons. The van der Waals surface area contributed by atoms with Crippen molar-refractivity contribution in [2.75, 3.05) is 38.3 Å². The first-order chi connectivity index (χ1) is 11.0. The van der Waals surface area contributed by atoms with Crippen molar-refractivity contribution in [1.82, 2.24) is 8.61 Å². The lowest BCUT2D eigenvalue weighted by molar-refractivity contribution is -0.116. The molecule has 1 N–H and O–H groups in total. The zero-order valence-corrected chi connectivity index (χ0v) is 15.8. The van der Waals surface area contributed by atoms with Crippen LogP contribution in [0, 0.1) is 0 Å². The van der Waals surface area contributed by atoms with Crippen LogP contribution in [-0.2, 0) is 24.8 Å². The molecule has 10 heteroatoms. The summed E-state index contributed by atoms with van der Waals surface area (Å²) in [5, 5.41) is 2.53. The molecule has 0 unspecified atom stereocenters. The maximum absolute atomic E-state index is 12.3. The Balaban J connectivity index is 2.84. The number of sulfonamides is 2. The van der Waals surface area contributed by atoms with Crippen LogP contribution in [0.15, 0.2) is 29.2 Å². The summed E-state index contributed by atoms with van der Waals surface area (Å²) in [6, 6.07) is 5.75. The lowest BCUT2D eigenvalue weighted by Gasteiger charge is -2.18. The Hall–Kier alpha value is -1.49. The van der Waals surface area contributed by atoms with Crippen LogP contribution in [0.1, 0.15) is 13.8 Å². The Morgan fingerprint density at radius 1 is 1.04 bits per heavy atom. The predicted octanol–water partition coefficient (Wildman–Crippen LogP) is 0.547. The van der Waals surface area contributed by atoms with Crippen molar-refractivity contribution in [2.45, 2.75) is 18.7 Å². The second-order valence-corrected chi connectivity index (χ2v) is 9.21. The Labute approximate surface area is 143 Å². The summed E-state index contributed by atoms with van der Waals surface area (Å²) in [5.41, 5.74) is 0.389. The van der Waals surface area contributed by atoms with Gasteiger partial charge >= 0.3 is 0 Å². The Morgan fingerprint density at radius 3 is 1.96 bits per heavy atom. The van der Waals surface area contributed by atoms with E-state index in [0.717, 1.165) is 10.6 Å². The Morgan fingerprint density at radius 2 is 1.54 bits per heavy atom. The van der Waals surface area contributed by atoms with E-state index in [1.54, 1.807) is 13.8 Å². The molecule has 0 bridgehead atoms. The van der Waals surface area contributed by atoms with E-state index in [1.165, 1.54) is 35.6 Å². The summed E-state index contributed by atoms with van der Waals surface area (Å²) in [6.45, 7) is 3.93. The van der Waals surface area contributed by atoms with Crippen LogP contribution in [0.4, 0.5) is 5.69 Å². The number of amides is 1. The molecule has 0 aliphatic rings. The van der Waals surface area contributed by atoms with Gasteiger partial charge in [-0.1, -0.05) is 13.8 Å². The molecule has 1 aromatic carbocycles. The highest BCUT2D eigenvalue weighted by Crippen LogP contribution is 2.18. The average molecular weight is 377 g/mol. The zero-order chi connectivity index (χ0) is 18.5. The number of nitrogens with one attached hydrogen (secondary N) is 1. The minimum atomic E-state index is -3.55. The van der Waals surface area contributed by atoms with Crippen LogP contribution >= 0.6 is 0 Å². The fraction of sp³-hybridized carbons (Fsp3) is 0.500. The number of rotatable bonds is 8. The monoisotopic (exact) mass is 377 g/mol. The Bertz CT molecular complexity index is 769. The third-order valence-electron chi connectivity index (χ3n) is 3.41. The van der Waals surface area contributed by atoms with Gasteiger partial charge in [-0.05, 0) is 24.3 Å². The number of carbonyl (C=O) groups is 1. The van der Waals surface area contributed by atoms with Gasteiger partial charge in [-0.15, -0.1) is 0 Å². The smallest absolute Gasteiger partial charge is 0.243 e. The maximum Gasteiger partial charge on any atom is 0.243 e. The first kappa shape index (κ1) is 20.6. The van der Waals surface area contributed by atoms with Crippen LogP contribution in [0.5, 0.6) is 0 Å². The lowest BCUT2D eigenvalue weighted by Crippen LogP contribution is -2.34. The van der Waals surface area contributed by atoms with E-state index in [9.17, 15) is 21.6 Å². The summed E-state index contributed by atoms with van der Waals surface area (Å²) in [7, 11) is -5.70. The highest BCUT2D eigenvalue weighted by molar-refractivity contribution is 7.89. The van der Waals surface area contributed by atoms with E-state index in [0.29, 0.717) is 18.8 Å². The SMILES string of the molecule is CCN(CC)S(=O)(=O)c1ccc(NC(=O)CN(C)S(C)(=O)=O)cc1. The van der Waals surface area contributed by atoms with Crippen LogP contribution < -0.4 is 5.32 Å². The van der Waals surface area contributed by atoms with Crippen molar-refractivity contribution >= 4 is 31.6 Å². The summed E-state index contributed by atoms with van der Waals surface area (Å²) in [4.78, 5) is 11.9. The van der Waals surface area contributed by atoms with Gasteiger partial charge in [-0.25, -0.2) is 16.8 Å². The molecule has 0 saturated carbocycles. The number of carbonyl (C=O) groups excluding carboxylic acids is 1. The standard InChI is InChI=1S/C14H23N3O5S2/c1-5-17(6-2)24(21,22)13-9-7-12(8-10-13)15-14(18)11-16(3)23(4,19)20/h7-10H,5-6,11H2,1-4H3,(H,15,18). The van der Waals surface area contributed by atoms with E-state index >= 15 is 0 Å². The second-order valence-electron chi connectivity index (χ2n) is 5.18. The topological polar surface area (TPSA) is 104 Å². The fourth-order valence-corrected chi connectivity index (χ4v) is 3.75. The summed E-state index contributed by atoms with van der Waals surface area (Å²) in [6.07, 6.45) is 1.01. The minimum absolute atomic E-state index is 0.137. The van der Waals surface area contributed by atoms with Crippen molar-refractivity contribution in [2.24, 2.45) is 0 Å². The normalized spacial score (nSPS) is 12.6. The second kappa shape index (κ2) is 8.06. The third-order valence-corrected chi connectivity index (χ3v) is 6.74. The van der Waals surface area contributed by atoms with Crippen molar-refractivity contribution in [3.05, 3.63) is 24.3 Å². The van der Waals surface area contributed by atoms with Gasteiger partial charge in [0, 0.05) is 25.8 Å². The molecule has 0 aromatic heterocycles. The van der Waals surface area contributed by atoms with Gasteiger partial charge < -0.3 is 5.32 Å². The highest BCUT2D eigenvalue weighted by atomic mass is 32.2. The molecule has 0 radical (unpaired) electrons. The van der Waals surface area contributed by atoms with E-state index in [-0.39, 0.29) is 11.4 Å². The molecule has 24 heavy (non-hydrogen) atoms. The largest absolute Gasteiger partial charge is 0.325 e. The maximum atomic E-state index is 12.3. The minimum Gasteiger partial charge on any atom is -0.325 e. The van der Waals surface area contributed by atoms with Crippen molar-refractivity contribution in [1.29, 1.82) is 0 Å². The van der Waals surface area contributed by atoms with Gasteiger partial charge in [0.2, 0.25) is 26.0 Å². The van der Waals surface area contributed by atoms with Crippen molar-refractivity contribution in [3.8, 4) is 0 Å².